The molecule has 2 fully saturated rings. The topological polar surface area (TPSA) is 26.8 Å². The van der Waals surface area contributed by atoms with Gasteiger partial charge in [-0.05, 0) is 38.8 Å². The van der Waals surface area contributed by atoms with Crippen LogP contribution in [0.4, 0.5) is 0 Å². The maximum atomic E-state index is 12.0. The first-order valence-electron chi connectivity index (χ1n) is 8.26. The average Bonchev–Trinajstić information content (AvgIpc) is 2.46. The van der Waals surface area contributed by atoms with E-state index in [1.54, 1.807) is 0 Å². The number of nitrogens with zero attached hydrogens (tertiary/aromatic N) is 3. The highest BCUT2D eigenvalue weighted by atomic mass is 16.2. The average molecular weight is 281 g/mol. The molecule has 0 aromatic carbocycles. The zero-order valence-electron chi connectivity index (χ0n) is 13.5. The van der Waals surface area contributed by atoms with E-state index in [1.807, 2.05) is 13.8 Å². The molecule has 0 aliphatic carbocycles. The first kappa shape index (κ1) is 15.8. The van der Waals surface area contributed by atoms with Crippen LogP contribution in [0.3, 0.4) is 0 Å². The van der Waals surface area contributed by atoms with Gasteiger partial charge in [0, 0.05) is 45.2 Å². The van der Waals surface area contributed by atoms with Crippen molar-refractivity contribution in [3.63, 3.8) is 0 Å². The number of piperidine rings is 1. The van der Waals surface area contributed by atoms with Crippen molar-refractivity contribution >= 4 is 5.91 Å². The number of carbonyl (C=O) groups excluding carboxylic acids is 1. The first-order valence-corrected chi connectivity index (χ1v) is 8.26. The Labute approximate surface area is 124 Å². The van der Waals surface area contributed by atoms with Crippen LogP contribution in [0.5, 0.6) is 0 Å². The van der Waals surface area contributed by atoms with Gasteiger partial charge in [-0.2, -0.15) is 0 Å². The van der Waals surface area contributed by atoms with E-state index >= 15 is 0 Å². The molecule has 20 heavy (non-hydrogen) atoms. The molecule has 0 aromatic heterocycles. The molecule has 0 radical (unpaired) electrons. The standard InChI is InChI=1S/C16H31N3O/c1-14(2)16(20)19-8-5-15(6-9-19)4-7-18-12-10-17(3)11-13-18/h14-15H,4-13H2,1-3H3. The summed E-state index contributed by atoms with van der Waals surface area (Å²) in [5, 5.41) is 0. The maximum Gasteiger partial charge on any atom is 0.225 e. The van der Waals surface area contributed by atoms with Crippen LogP contribution in [-0.4, -0.2) is 73.5 Å². The van der Waals surface area contributed by atoms with Crippen LogP contribution in [0.15, 0.2) is 0 Å². The summed E-state index contributed by atoms with van der Waals surface area (Å²) in [6.07, 6.45) is 3.71. The Morgan fingerprint density at radius 1 is 1.05 bits per heavy atom. The Kier molecular flexibility index (Phi) is 5.85. The van der Waals surface area contributed by atoms with Crippen LogP contribution in [0.25, 0.3) is 0 Å². The lowest BCUT2D eigenvalue weighted by Crippen LogP contribution is -2.45. The molecule has 1 amide bonds. The summed E-state index contributed by atoms with van der Waals surface area (Å²) in [4.78, 5) is 19.0. The highest BCUT2D eigenvalue weighted by molar-refractivity contribution is 5.78. The minimum absolute atomic E-state index is 0.150. The Hall–Kier alpha value is -0.610. The second-order valence-corrected chi connectivity index (χ2v) is 6.86. The van der Waals surface area contributed by atoms with E-state index < -0.39 is 0 Å². The number of rotatable bonds is 4. The normalized spacial score (nSPS) is 23.5. The highest BCUT2D eigenvalue weighted by Crippen LogP contribution is 2.22. The van der Waals surface area contributed by atoms with Crippen LogP contribution in [-0.2, 0) is 4.79 Å². The van der Waals surface area contributed by atoms with Gasteiger partial charge in [-0.1, -0.05) is 13.8 Å². The van der Waals surface area contributed by atoms with Crippen LogP contribution in [0.2, 0.25) is 0 Å². The van der Waals surface area contributed by atoms with Gasteiger partial charge in [-0.3, -0.25) is 4.79 Å². The summed E-state index contributed by atoms with van der Waals surface area (Å²) in [6.45, 7) is 12.1. The molecule has 0 atom stereocenters. The van der Waals surface area contributed by atoms with E-state index in [4.69, 9.17) is 0 Å². The lowest BCUT2D eigenvalue weighted by atomic mass is 9.92. The molecule has 0 aromatic rings. The number of carbonyl (C=O) groups is 1. The highest BCUT2D eigenvalue weighted by Gasteiger charge is 2.24. The van der Waals surface area contributed by atoms with E-state index in [2.05, 4.69) is 21.7 Å². The quantitative estimate of drug-likeness (QED) is 0.782. The zero-order chi connectivity index (χ0) is 14.5. The molecule has 0 bridgehead atoms. The number of likely N-dealkylation sites (N-methyl/N-ethyl adjacent to an activating group) is 1. The molecule has 116 valence electrons. The Morgan fingerprint density at radius 2 is 1.65 bits per heavy atom. The van der Waals surface area contributed by atoms with Crippen LogP contribution < -0.4 is 0 Å². The summed E-state index contributed by atoms with van der Waals surface area (Å²) in [5.41, 5.74) is 0. The third kappa shape index (κ3) is 4.45. The van der Waals surface area contributed by atoms with E-state index in [9.17, 15) is 4.79 Å². The van der Waals surface area contributed by atoms with Crippen molar-refractivity contribution in [2.24, 2.45) is 11.8 Å². The number of piperazine rings is 1. The minimum Gasteiger partial charge on any atom is -0.342 e. The van der Waals surface area contributed by atoms with Gasteiger partial charge in [-0.15, -0.1) is 0 Å². The summed E-state index contributed by atoms with van der Waals surface area (Å²) < 4.78 is 0. The summed E-state index contributed by atoms with van der Waals surface area (Å²) in [7, 11) is 2.21. The van der Waals surface area contributed by atoms with Crippen molar-refractivity contribution in [2.75, 3.05) is 52.9 Å². The predicted octanol–water partition coefficient (Wildman–Crippen LogP) is 1.52. The number of hydrogen-bond donors (Lipinski definition) is 0. The molecule has 2 aliphatic heterocycles. The zero-order valence-corrected chi connectivity index (χ0v) is 13.5. The van der Waals surface area contributed by atoms with Crippen LogP contribution in [0.1, 0.15) is 33.1 Å². The number of amides is 1. The molecule has 2 rings (SSSR count). The van der Waals surface area contributed by atoms with E-state index in [1.165, 1.54) is 52.0 Å². The molecule has 0 spiro atoms. The van der Waals surface area contributed by atoms with Crippen molar-refractivity contribution < 1.29 is 4.79 Å². The smallest absolute Gasteiger partial charge is 0.225 e. The molecule has 4 heteroatoms. The van der Waals surface area contributed by atoms with Gasteiger partial charge in [0.2, 0.25) is 5.91 Å². The van der Waals surface area contributed by atoms with Crippen molar-refractivity contribution in [2.45, 2.75) is 33.1 Å². The van der Waals surface area contributed by atoms with Gasteiger partial charge in [-0.25, -0.2) is 0 Å². The Balaban J connectivity index is 1.63. The predicted molar refractivity (Wildman–Crippen MR) is 82.7 cm³/mol. The fourth-order valence-electron chi connectivity index (χ4n) is 3.24. The van der Waals surface area contributed by atoms with Gasteiger partial charge in [0.25, 0.3) is 0 Å². The third-order valence-corrected chi connectivity index (χ3v) is 4.87. The lowest BCUT2D eigenvalue weighted by molar-refractivity contribution is -0.135. The Morgan fingerprint density at radius 3 is 2.20 bits per heavy atom. The minimum atomic E-state index is 0.150. The summed E-state index contributed by atoms with van der Waals surface area (Å²) in [6, 6.07) is 0. The summed E-state index contributed by atoms with van der Waals surface area (Å²) in [5.74, 6) is 1.31. The second kappa shape index (κ2) is 7.41. The van der Waals surface area contributed by atoms with Crippen molar-refractivity contribution in [1.29, 1.82) is 0 Å². The van der Waals surface area contributed by atoms with Gasteiger partial charge in [0.15, 0.2) is 0 Å². The van der Waals surface area contributed by atoms with Crippen LogP contribution >= 0.6 is 0 Å². The maximum absolute atomic E-state index is 12.0. The van der Waals surface area contributed by atoms with Gasteiger partial charge < -0.3 is 14.7 Å². The lowest BCUT2D eigenvalue weighted by Gasteiger charge is -2.36. The fourth-order valence-corrected chi connectivity index (χ4v) is 3.24. The fraction of sp³-hybridized carbons (Fsp3) is 0.938. The third-order valence-electron chi connectivity index (χ3n) is 4.87. The monoisotopic (exact) mass is 281 g/mol. The summed E-state index contributed by atoms with van der Waals surface area (Å²) >= 11 is 0. The number of likely N-dealkylation sites (tertiary alicyclic amines) is 1. The molecule has 2 saturated heterocycles. The van der Waals surface area contributed by atoms with Crippen molar-refractivity contribution in [3.8, 4) is 0 Å². The SMILES string of the molecule is CC(C)C(=O)N1CCC(CCN2CCN(C)CC2)CC1. The van der Waals surface area contributed by atoms with Crippen molar-refractivity contribution in [1.82, 2.24) is 14.7 Å². The van der Waals surface area contributed by atoms with Crippen LogP contribution in [0, 0.1) is 11.8 Å². The largest absolute Gasteiger partial charge is 0.342 e. The first-order chi connectivity index (χ1) is 9.56. The van der Waals surface area contributed by atoms with E-state index in [0.29, 0.717) is 5.91 Å². The molecular weight excluding hydrogens is 250 g/mol. The molecule has 0 unspecified atom stereocenters. The molecule has 2 aliphatic rings. The van der Waals surface area contributed by atoms with Gasteiger partial charge in [0.05, 0.1) is 0 Å². The van der Waals surface area contributed by atoms with E-state index in [0.717, 1.165) is 19.0 Å². The van der Waals surface area contributed by atoms with Gasteiger partial charge >= 0.3 is 0 Å². The van der Waals surface area contributed by atoms with Gasteiger partial charge in [0.1, 0.15) is 0 Å². The molecular formula is C16H31N3O. The number of hydrogen-bond acceptors (Lipinski definition) is 3. The Bertz CT molecular complexity index is 303. The second-order valence-electron chi connectivity index (χ2n) is 6.86. The molecule has 0 N–H and O–H groups in total. The molecule has 4 nitrogen and oxygen atoms in total. The van der Waals surface area contributed by atoms with E-state index in [-0.39, 0.29) is 5.92 Å². The molecule has 0 saturated carbocycles. The van der Waals surface area contributed by atoms with Crippen molar-refractivity contribution in [3.05, 3.63) is 0 Å². The molecule has 2 heterocycles.